The fraction of sp³-hybridized carbons (Fsp3) is 0.571. The summed E-state index contributed by atoms with van der Waals surface area (Å²) in [7, 11) is 0. The van der Waals surface area contributed by atoms with Gasteiger partial charge < -0.3 is 0 Å². The highest BCUT2D eigenvalue weighted by molar-refractivity contribution is 5.37. The van der Waals surface area contributed by atoms with Gasteiger partial charge in [-0.25, -0.2) is 0 Å². The van der Waals surface area contributed by atoms with Crippen LogP contribution in [0.15, 0.2) is 18.2 Å². The average molecular weight is 192 g/mol. The van der Waals surface area contributed by atoms with Crippen LogP contribution in [0, 0.1) is 6.92 Å². The molecule has 1 rings (SSSR count). The van der Waals surface area contributed by atoms with Crippen LogP contribution in [0.25, 0.3) is 0 Å². The summed E-state index contributed by atoms with van der Waals surface area (Å²) in [5, 5.41) is 0. The van der Waals surface area contributed by atoms with Gasteiger partial charge in [0.05, 0.1) is 0 Å². The minimum atomic E-state index is 0. The molecule has 0 nitrogen and oxygen atoms in total. The molecule has 14 heavy (non-hydrogen) atoms. The second-order valence-electron chi connectivity index (χ2n) is 4.37. The van der Waals surface area contributed by atoms with Crippen molar-refractivity contribution < 1.29 is 0 Å². The molecule has 0 aromatic heterocycles. The third-order valence-corrected chi connectivity index (χ3v) is 2.66. The summed E-state index contributed by atoms with van der Waals surface area (Å²) in [4.78, 5) is 0. The topological polar surface area (TPSA) is 0 Å². The molecular weight excluding hydrogens is 168 g/mol. The van der Waals surface area contributed by atoms with Crippen molar-refractivity contribution in [1.29, 1.82) is 0 Å². The minimum Gasteiger partial charge on any atom is -0.0776 e. The lowest BCUT2D eigenvalue weighted by molar-refractivity contribution is 0.817. The minimum absolute atomic E-state index is 0. The zero-order chi connectivity index (χ0) is 10.0. The van der Waals surface area contributed by atoms with E-state index in [-0.39, 0.29) is 7.43 Å². The first-order chi connectivity index (χ1) is 6.04. The SMILES string of the molecule is C.Cc1c(C(C)C)cccc1C(C)C. The molecule has 0 radical (unpaired) electrons. The Morgan fingerprint density at radius 3 is 1.50 bits per heavy atom. The summed E-state index contributed by atoms with van der Waals surface area (Å²) >= 11 is 0. The summed E-state index contributed by atoms with van der Waals surface area (Å²) < 4.78 is 0. The third kappa shape index (κ3) is 2.60. The predicted molar refractivity (Wildman–Crippen MR) is 66.1 cm³/mol. The first kappa shape index (κ1) is 13.2. The molecule has 0 saturated heterocycles. The van der Waals surface area contributed by atoms with Gasteiger partial charge >= 0.3 is 0 Å². The van der Waals surface area contributed by atoms with Crippen LogP contribution in [0.3, 0.4) is 0 Å². The smallest absolute Gasteiger partial charge is 0.0216 e. The number of hydrogen-bond acceptors (Lipinski definition) is 0. The molecule has 0 aliphatic carbocycles. The van der Waals surface area contributed by atoms with Gasteiger partial charge in [0.25, 0.3) is 0 Å². The lowest BCUT2D eigenvalue weighted by atomic mass is 9.90. The van der Waals surface area contributed by atoms with Gasteiger partial charge in [0.15, 0.2) is 0 Å². The number of benzene rings is 1. The summed E-state index contributed by atoms with van der Waals surface area (Å²) in [6.45, 7) is 11.3. The zero-order valence-electron chi connectivity index (χ0n) is 9.39. The summed E-state index contributed by atoms with van der Waals surface area (Å²) in [5.41, 5.74) is 4.46. The third-order valence-electron chi connectivity index (χ3n) is 2.66. The molecule has 0 aliphatic heterocycles. The molecule has 1 aromatic rings. The van der Waals surface area contributed by atoms with Crippen LogP contribution in [-0.4, -0.2) is 0 Å². The van der Waals surface area contributed by atoms with Crippen molar-refractivity contribution >= 4 is 0 Å². The van der Waals surface area contributed by atoms with Gasteiger partial charge in [0.1, 0.15) is 0 Å². The molecule has 0 spiro atoms. The second kappa shape index (κ2) is 5.19. The Hall–Kier alpha value is -0.780. The summed E-state index contributed by atoms with van der Waals surface area (Å²) in [6.07, 6.45) is 0. The van der Waals surface area contributed by atoms with E-state index in [2.05, 4.69) is 52.8 Å². The molecule has 0 bridgehead atoms. The lowest BCUT2D eigenvalue weighted by Crippen LogP contribution is -1.98. The zero-order valence-corrected chi connectivity index (χ0v) is 9.39. The van der Waals surface area contributed by atoms with Gasteiger partial charge in [0.2, 0.25) is 0 Å². The van der Waals surface area contributed by atoms with Crippen molar-refractivity contribution in [1.82, 2.24) is 0 Å². The van der Waals surface area contributed by atoms with E-state index in [1.807, 2.05) is 0 Å². The molecule has 0 heteroatoms. The van der Waals surface area contributed by atoms with Crippen molar-refractivity contribution in [3.05, 3.63) is 34.9 Å². The highest BCUT2D eigenvalue weighted by Gasteiger charge is 2.08. The van der Waals surface area contributed by atoms with Crippen LogP contribution in [-0.2, 0) is 0 Å². The molecule has 0 atom stereocenters. The van der Waals surface area contributed by atoms with Crippen molar-refractivity contribution in [2.24, 2.45) is 0 Å². The van der Waals surface area contributed by atoms with Crippen LogP contribution in [0.2, 0.25) is 0 Å². The van der Waals surface area contributed by atoms with Crippen molar-refractivity contribution in [3.63, 3.8) is 0 Å². The Morgan fingerprint density at radius 2 is 1.21 bits per heavy atom. The lowest BCUT2D eigenvalue weighted by Gasteiger charge is -2.16. The molecular formula is C14H24. The largest absolute Gasteiger partial charge is 0.0776 e. The van der Waals surface area contributed by atoms with E-state index in [4.69, 9.17) is 0 Å². The van der Waals surface area contributed by atoms with E-state index < -0.39 is 0 Å². The fourth-order valence-electron chi connectivity index (χ4n) is 1.92. The van der Waals surface area contributed by atoms with E-state index in [0.717, 1.165) is 0 Å². The van der Waals surface area contributed by atoms with E-state index in [9.17, 15) is 0 Å². The Kier molecular flexibility index (Phi) is 4.90. The van der Waals surface area contributed by atoms with E-state index >= 15 is 0 Å². The predicted octanol–water partition coefficient (Wildman–Crippen LogP) is 4.88. The molecule has 0 amide bonds. The fourth-order valence-corrected chi connectivity index (χ4v) is 1.92. The molecule has 0 fully saturated rings. The van der Waals surface area contributed by atoms with E-state index in [0.29, 0.717) is 11.8 Å². The van der Waals surface area contributed by atoms with E-state index in [1.165, 1.54) is 16.7 Å². The Labute approximate surface area is 89.4 Å². The van der Waals surface area contributed by atoms with Gasteiger partial charge in [-0.1, -0.05) is 53.3 Å². The maximum Gasteiger partial charge on any atom is -0.0216 e. The quantitative estimate of drug-likeness (QED) is 0.626. The summed E-state index contributed by atoms with van der Waals surface area (Å²) in [6, 6.07) is 6.66. The molecule has 0 unspecified atom stereocenters. The van der Waals surface area contributed by atoms with Gasteiger partial charge in [-0.2, -0.15) is 0 Å². The first-order valence-electron chi connectivity index (χ1n) is 5.13. The standard InChI is InChI=1S/C13H20.CH4/c1-9(2)12-7-6-8-13(10(3)4)11(12)5;/h6-10H,1-5H3;1H4. The molecule has 0 N–H and O–H groups in total. The first-order valence-corrected chi connectivity index (χ1v) is 5.13. The Morgan fingerprint density at radius 1 is 0.857 bits per heavy atom. The van der Waals surface area contributed by atoms with Crippen LogP contribution >= 0.6 is 0 Å². The maximum atomic E-state index is 2.26. The highest BCUT2D eigenvalue weighted by Crippen LogP contribution is 2.26. The second-order valence-corrected chi connectivity index (χ2v) is 4.37. The number of hydrogen-bond donors (Lipinski definition) is 0. The van der Waals surface area contributed by atoms with Crippen LogP contribution in [0.1, 0.15) is 63.6 Å². The van der Waals surface area contributed by atoms with Crippen LogP contribution in [0.4, 0.5) is 0 Å². The number of rotatable bonds is 2. The van der Waals surface area contributed by atoms with E-state index in [1.54, 1.807) is 0 Å². The molecule has 0 aliphatic rings. The Balaban J connectivity index is 0.00000169. The van der Waals surface area contributed by atoms with Crippen LogP contribution in [0.5, 0.6) is 0 Å². The normalized spacial score (nSPS) is 10.5. The van der Waals surface area contributed by atoms with Crippen molar-refractivity contribution in [3.8, 4) is 0 Å². The van der Waals surface area contributed by atoms with Gasteiger partial charge in [-0.3, -0.25) is 0 Å². The maximum absolute atomic E-state index is 2.26. The van der Waals surface area contributed by atoms with Crippen molar-refractivity contribution in [2.75, 3.05) is 0 Å². The van der Waals surface area contributed by atoms with Gasteiger partial charge in [-0.05, 0) is 35.4 Å². The Bertz CT molecular complexity index is 256. The average Bonchev–Trinajstić information content (AvgIpc) is 2.03. The monoisotopic (exact) mass is 192 g/mol. The molecule has 0 saturated carbocycles. The molecule has 0 heterocycles. The molecule has 1 aromatic carbocycles. The van der Waals surface area contributed by atoms with Crippen molar-refractivity contribution in [2.45, 2.75) is 53.9 Å². The highest BCUT2D eigenvalue weighted by atomic mass is 14.1. The van der Waals surface area contributed by atoms with Crippen LogP contribution < -0.4 is 0 Å². The summed E-state index contributed by atoms with van der Waals surface area (Å²) in [5.74, 6) is 1.28. The van der Waals surface area contributed by atoms with Gasteiger partial charge in [0, 0.05) is 0 Å². The molecule has 80 valence electrons. The van der Waals surface area contributed by atoms with Gasteiger partial charge in [-0.15, -0.1) is 0 Å².